The van der Waals surface area contributed by atoms with Gasteiger partial charge in [-0.3, -0.25) is 0 Å². The number of fused-ring (bicyclic) bond motifs is 1. The van der Waals surface area contributed by atoms with Crippen molar-refractivity contribution in [2.45, 2.75) is 13.8 Å². The van der Waals surface area contributed by atoms with Gasteiger partial charge in [-0.2, -0.15) is 9.78 Å². The second kappa shape index (κ2) is 3.98. The van der Waals surface area contributed by atoms with E-state index in [-0.39, 0.29) is 5.76 Å². The van der Waals surface area contributed by atoms with E-state index in [9.17, 15) is 4.79 Å². The number of rotatable bonds is 2. The normalized spacial score (nSPS) is 11.1. The molecule has 0 spiro atoms. The number of furan rings is 1. The van der Waals surface area contributed by atoms with Crippen LogP contribution < -0.4 is 0 Å². The number of nitrogens with zero attached hydrogens (tertiary/aromatic N) is 2. The molecule has 1 N–H and O–H groups in total. The predicted molar refractivity (Wildman–Crippen MR) is 69.8 cm³/mol. The highest BCUT2D eigenvalue weighted by molar-refractivity contribution is 5.91. The first-order valence-electron chi connectivity index (χ1n) is 5.86. The zero-order valence-electron chi connectivity index (χ0n) is 10.5. The quantitative estimate of drug-likeness (QED) is 0.765. The molecule has 2 heterocycles. The monoisotopic (exact) mass is 256 g/mol. The topological polar surface area (TPSA) is 68.3 Å². The van der Waals surface area contributed by atoms with Gasteiger partial charge in [-0.25, -0.2) is 4.79 Å². The molecule has 3 aromatic rings. The minimum Gasteiger partial charge on any atom is -0.475 e. The maximum Gasteiger partial charge on any atom is 0.371 e. The average Bonchev–Trinajstić information content (AvgIpc) is 2.92. The molecule has 0 radical (unpaired) electrons. The van der Waals surface area contributed by atoms with Crippen molar-refractivity contribution in [1.29, 1.82) is 0 Å². The van der Waals surface area contributed by atoms with Crippen LogP contribution in [0.5, 0.6) is 0 Å². The third-order valence-corrected chi connectivity index (χ3v) is 3.10. The molecule has 0 bridgehead atoms. The molecule has 19 heavy (non-hydrogen) atoms. The van der Waals surface area contributed by atoms with Crippen molar-refractivity contribution in [2.24, 2.45) is 0 Å². The first-order valence-corrected chi connectivity index (χ1v) is 5.86. The second-order valence-electron chi connectivity index (χ2n) is 4.42. The van der Waals surface area contributed by atoms with Gasteiger partial charge in [0.05, 0.1) is 16.8 Å². The van der Waals surface area contributed by atoms with Crippen LogP contribution >= 0.6 is 0 Å². The number of carboxylic acids is 1. The van der Waals surface area contributed by atoms with Gasteiger partial charge in [-0.15, -0.1) is 0 Å². The molecular weight excluding hydrogens is 244 g/mol. The molecule has 0 aliphatic rings. The highest BCUT2D eigenvalue weighted by Gasteiger charge is 2.18. The second-order valence-corrected chi connectivity index (χ2v) is 4.42. The van der Waals surface area contributed by atoms with Gasteiger partial charge in [-0.05, 0) is 25.5 Å². The highest BCUT2D eigenvalue weighted by atomic mass is 16.4. The smallest absolute Gasteiger partial charge is 0.371 e. The number of aryl methyl sites for hydroxylation is 2. The number of aromatic carboxylic acids is 1. The molecule has 0 saturated heterocycles. The Morgan fingerprint density at radius 2 is 2.05 bits per heavy atom. The van der Waals surface area contributed by atoms with E-state index >= 15 is 0 Å². The van der Waals surface area contributed by atoms with E-state index in [1.54, 1.807) is 4.68 Å². The number of carbonyl (C=O) groups is 1. The minimum atomic E-state index is -1.08. The summed E-state index contributed by atoms with van der Waals surface area (Å²) in [6, 6.07) is 9.25. The number of aromatic nitrogens is 2. The minimum absolute atomic E-state index is 0.0714. The third-order valence-electron chi connectivity index (χ3n) is 3.10. The van der Waals surface area contributed by atoms with Gasteiger partial charge in [0.1, 0.15) is 0 Å². The van der Waals surface area contributed by atoms with E-state index in [2.05, 4.69) is 5.10 Å². The van der Waals surface area contributed by atoms with Crippen molar-refractivity contribution < 1.29 is 14.3 Å². The van der Waals surface area contributed by atoms with Crippen molar-refractivity contribution in [3.8, 4) is 5.69 Å². The average molecular weight is 256 g/mol. The van der Waals surface area contributed by atoms with Gasteiger partial charge in [0.2, 0.25) is 11.5 Å². The fraction of sp³-hybridized carbons (Fsp3) is 0.143. The summed E-state index contributed by atoms with van der Waals surface area (Å²) in [6.07, 6.45) is 0. The van der Waals surface area contributed by atoms with E-state index < -0.39 is 5.97 Å². The van der Waals surface area contributed by atoms with Crippen molar-refractivity contribution in [3.05, 3.63) is 47.3 Å². The Morgan fingerprint density at radius 1 is 1.32 bits per heavy atom. The van der Waals surface area contributed by atoms with Crippen LogP contribution in [-0.4, -0.2) is 20.9 Å². The van der Waals surface area contributed by atoms with Crippen LogP contribution in [0.1, 0.15) is 21.8 Å². The molecule has 2 aromatic heterocycles. The van der Waals surface area contributed by atoms with Gasteiger partial charge in [0.15, 0.2) is 0 Å². The van der Waals surface area contributed by atoms with Crippen LogP contribution in [0, 0.1) is 13.8 Å². The van der Waals surface area contributed by atoms with Crippen LogP contribution in [-0.2, 0) is 0 Å². The Labute approximate surface area is 109 Å². The lowest BCUT2D eigenvalue weighted by Gasteiger charge is -2.04. The van der Waals surface area contributed by atoms with Crippen molar-refractivity contribution in [1.82, 2.24) is 9.78 Å². The highest BCUT2D eigenvalue weighted by Crippen LogP contribution is 2.26. The maximum atomic E-state index is 11.0. The fourth-order valence-corrected chi connectivity index (χ4v) is 2.12. The van der Waals surface area contributed by atoms with E-state index in [4.69, 9.17) is 9.52 Å². The first-order chi connectivity index (χ1) is 9.08. The van der Waals surface area contributed by atoms with E-state index in [1.807, 2.05) is 38.1 Å². The van der Waals surface area contributed by atoms with Crippen LogP contribution in [0.3, 0.4) is 0 Å². The molecule has 1 aromatic carbocycles. The van der Waals surface area contributed by atoms with E-state index in [0.717, 1.165) is 22.3 Å². The summed E-state index contributed by atoms with van der Waals surface area (Å²) in [6.45, 7) is 3.80. The fourth-order valence-electron chi connectivity index (χ4n) is 2.12. The molecule has 0 atom stereocenters. The summed E-state index contributed by atoms with van der Waals surface area (Å²) >= 11 is 0. The molecule has 0 fully saturated rings. The lowest BCUT2D eigenvalue weighted by Crippen LogP contribution is -1.99. The van der Waals surface area contributed by atoms with Gasteiger partial charge in [0.25, 0.3) is 0 Å². The standard InChI is InChI=1S/C14H12N2O3/c1-8-5-3-4-6-11(8)16-13-10(9(2)15-16)7-12(19-13)14(17)18/h3-7H,1-2H3,(H,17,18). The third kappa shape index (κ3) is 1.71. The van der Waals surface area contributed by atoms with Crippen LogP contribution in [0.15, 0.2) is 34.7 Å². The van der Waals surface area contributed by atoms with Gasteiger partial charge in [0, 0.05) is 6.07 Å². The van der Waals surface area contributed by atoms with Crippen molar-refractivity contribution in [2.75, 3.05) is 0 Å². The number of hydrogen-bond acceptors (Lipinski definition) is 3. The molecule has 0 unspecified atom stereocenters. The van der Waals surface area contributed by atoms with Crippen LogP contribution in [0.2, 0.25) is 0 Å². The Hall–Kier alpha value is -2.56. The molecule has 3 rings (SSSR count). The van der Waals surface area contributed by atoms with Crippen LogP contribution in [0.4, 0.5) is 0 Å². The zero-order valence-corrected chi connectivity index (χ0v) is 10.5. The summed E-state index contributed by atoms with van der Waals surface area (Å²) in [5.41, 5.74) is 3.13. The molecule has 0 saturated carbocycles. The van der Waals surface area contributed by atoms with Gasteiger partial charge >= 0.3 is 5.97 Å². The lowest BCUT2D eigenvalue weighted by molar-refractivity contribution is 0.0664. The lowest BCUT2D eigenvalue weighted by atomic mass is 10.2. The number of benzene rings is 1. The van der Waals surface area contributed by atoms with Crippen molar-refractivity contribution in [3.63, 3.8) is 0 Å². The predicted octanol–water partition coefficient (Wildman–Crippen LogP) is 2.93. The van der Waals surface area contributed by atoms with Crippen molar-refractivity contribution >= 4 is 17.1 Å². The summed E-state index contributed by atoms with van der Waals surface area (Å²) in [7, 11) is 0. The zero-order chi connectivity index (χ0) is 13.6. The van der Waals surface area contributed by atoms with E-state index in [0.29, 0.717) is 5.71 Å². The van der Waals surface area contributed by atoms with E-state index in [1.165, 1.54) is 6.07 Å². The molecule has 0 aliphatic carbocycles. The first kappa shape index (κ1) is 11.5. The molecule has 0 aliphatic heterocycles. The Balaban J connectivity index is 2.30. The maximum absolute atomic E-state index is 11.0. The summed E-state index contributed by atoms with van der Waals surface area (Å²) in [5, 5.41) is 14.1. The summed E-state index contributed by atoms with van der Waals surface area (Å²) in [4.78, 5) is 11.0. The Kier molecular flexibility index (Phi) is 2.41. The largest absolute Gasteiger partial charge is 0.475 e. The molecule has 5 heteroatoms. The van der Waals surface area contributed by atoms with Crippen LogP contribution in [0.25, 0.3) is 16.8 Å². The Bertz CT molecular complexity index is 783. The summed E-state index contributed by atoms with van der Waals surface area (Å²) in [5.74, 6) is -1.15. The molecular formula is C14H12N2O3. The molecule has 5 nitrogen and oxygen atoms in total. The molecule has 96 valence electrons. The number of para-hydroxylation sites is 1. The number of carboxylic acid groups (broad SMARTS) is 1. The molecule has 0 amide bonds. The summed E-state index contributed by atoms with van der Waals surface area (Å²) < 4.78 is 7.04. The Morgan fingerprint density at radius 3 is 2.74 bits per heavy atom. The SMILES string of the molecule is Cc1ccccc1-n1nc(C)c2cc(C(=O)O)oc21. The number of hydrogen-bond donors (Lipinski definition) is 1. The van der Waals surface area contributed by atoms with Gasteiger partial charge in [-0.1, -0.05) is 18.2 Å². The van der Waals surface area contributed by atoms with Gasteiger partial charge < -0.3 is 9.52 Å².